The van der Waals surface area contributed by atoms with Gasteiger partial charge in [-0.2, -0.15) is 18.2 Å². The molecule has 0 amide bonds. The molecule has 0 aliphatic carbocycles. The van der Waals surface area contributed by atoms with Crippen molar-refractivity contribution in [3.63, 3.8) is 0 Å². The second kappa shape index (κ2) is 5.29. The average molecular weight is 301 g/mol. The van der Waals surface area contributed by atoms with Gasteiger partial charge in [-0.15, -0.1) is 0 Å². The van der Waals surface area contributed by atoms with Crippen LogP contribution in [0.5, 0.6) is 0 Å². The van der Waals surface area contributed by atoms with Crippen LogP contribution in [0.4, 0.5) is 13.2 Å². The SMILES string of the molecule is CCC1(CC)CCC(C)(c2ccc(C(F)(F)F)cc2)N1O. The molecule has 1 atom stereocenters. The van der Waals surface area contributed by atoms with E-state index in [-0.39, 0.29) is 5.54 Å². The van der Waals surface area contributed by atoms with Crippen LogP contribution in [0.3, 0.4) is 0 Å². The highest BCUT2D eigenvalue weighted by molar-refractivity contribution is 5.31. The number of rotatable bonds is 3. The molecule has 118 valence electrons. The molecule has 0 spiro atoms. The Hall–Kier alpha value is -1.07. The zero-order valence-corrected chi connectivity index (χ0v) is 12.7. The van der Waals surface area contributed by atoms with Gasteiger partial charge in [0.2, 0.25) is 0 Å². The highest BCUT2D eigenvalue weighted by atomic mass is 19.4. The van der Waals surface area contributed by atoms with Crippen molar-refractivity contribution in [1.29, 1.82) is 0 Å². The fourth-order valence-electron chi connectivity index (χ4n) is 3.40. The molecule has 1 fully saturated rings. The summed E-state index contributed by atoms with van der Waals surface area (Å²) in [6, 6.07) is 5.14. The molecule has 1 N–H and O–H groups in total. The summed E-state index contributed by atoms with van der Waals surface area (Å²) in [6.07, 6.45) is -1.12. The molecule has 5 heteroatoms. The van der Waals surface area contributed by atoms with Crippen molar-refractivity contribution in [1.82, 2.24) is 5.06 Å². The topological polar surface area (TPSA) is 23.5 Å². The summed E-state index contributed by atoms with van der Waals surface area (Å²) in [5.41, 5.74) is -0.843. The van der Waals surface area contributed by atoms with E-state index in [4.69, 9.17) is 0 Å². The molecule has 1 aromatic rings. The maximum atomic E-state index is 12.6. The monoisotopic (exact) mass is 301 g/mol. The third-order valence-corrected chi connectivity index (χ3v) is 5.14. The first-order chi connectivity index (χ1) is 9.69. The van der Waals surface area contributed by atoms with Gasteiger partial charge in [0.25, 0.3) is 0 Å². The summed E-state index contributed by atoms with van der Waals surface area (Å²) in [5.74, 6) is 0. The second-order valence-electron chi connectivity index (χ2n) is 6.09. The van der Waals surface area contributed by atoms with Crippen LogP contribution in [0.25, 0.3) is 0 Å². The van der Waals surface area contributed by atoms with Gasteiger partial charge in [-0.05, 0) is 50.3 Å². The van der Waals surface area contributed by atoms with E-state index >= 15 is 0 Å². The van der Waals surface area contributed by atoms with Crippen LogP contribution >= 0.6 is 0 Å². The molecule has 2 nitrogen and oxygen atoms in total. The van der Waals surface area contributed by atoms with E-state index < -0.39 is 17.3 Å². The van der Waals surface area contributed by atoms with E-state index in [1.807, 2.05) is 20.8 Å². The zero-order valence-electron chi connectivity index (χ0n) is 12.7. The lowest BCUT2D eigenvalue weighted by Crippen LogP contribution is -2.48. The summed E-state index contributed by atoms with van der Waals surface area (Å²) >= 11 is 0. The van der Waals surface area contributed by atoms with Crippen molar-refractivity contribution in [2.75, 3.05) is 0 Å². The van der Waals surface area contributed by atoms with Crippen molar-refractivity contribution in [2.24, 2.45) is 0 Å². The Bertz CT molecular complexity index is 493. The van der Waals surface area contributed by atoms with Crippen LogP contribution in [-0.4, -0.2) is 15.8 Å². The summed E-state index contributed by atoms with van der Waals surface area (Å²) in [7, 11) is 0. The number of nitrogens with zero attached hydrogens (tertiary/aromatic N) is 1. The Kier molecular flexibility index (Phi) is 4.10. The molecule has 1 aliphatic heterocycles. The summed E-state index contributed by atoms with van der Waals surface area (Å²) in [6.45, 7) is 5.96. The molecule has 0 bridgehead atoms. The molecule has 0 radical (unpaired) electrons. The van der Waals surface area contributed by atoms with Crippen LogP contribution in [0.1, 0.15) is 57.6 Å². The smallest absolute Gasteiger partial charge is 0.313 e. The number of hydrogen-bond acceptors (Lipinski definition) is 2. The lowest BCUT2D eigenvalue weighted by molar-refractivity contribution is -0.213. The minimum absolute atomic E-state index is 0.280. The summed E-state index contributed by atoms with van der Waals surface area (Å²) in [5, 5.41) is 12.0. The van der Waals surface area contributed by atoms with Gasteiger partial charge in [0.05, 0.1) is 11.1 Å². The predicted molar refractivity (Wildman–Crippen MR) is 75.0 cm³/mol. The number of hydrogen-bond donors (Lipinski definition) is 1. The fourth-order valence-corrected chi connectivity index (χ4v) is 3.40. The normalized spacial score (nSPS) is 26.2. The van der Waals surface area contributed by atoms with E-state index in [9.17, 15) is 18.4 Å². The lowest BCUT2D eigenvalue weighted by atomic mass is 9.89. The number of alkyl halides is 3. The summed E-state index contributed by atoms with van der Waals surface area (Å²) in [4.78, 5) is 0. The first-order valence-corrected chi connectivity index (χ1v) is 7.36. The third-order valence-electron chi connectivity index (χ3n) is 5.14. The molecule has 2 rings (SSSR count). The number of halogens is 3. The standard InChI is InChI=1S/C16H22F3NO/c1-4-15(5-2)11-10-14(3,20(15)21)12-6-8-13(9-7-12)16(17,18)19/h6-9,21H,4-5,10-11H2,1-3H3. The zero-order chi connectivity index (χ0) is 15.9. The van der Waals surface area contributed by atoms with Gasteiger partial charge in [0.1, 0.15) is 0 Å². The van der Waals surface area contributed by atoms with Crippen molar-refractivity contribution in [3.8, 4) is 0 Å². The molecular formula is C16H22F3NO. The van der Waals surface area contributed by atoms with Gasteiger partial charge >= 0.3 is 6.18 Å². The minimum atomic E-state index is -4.33. The maximum absolute atomic E-state index is 12.6. The van der Waals surface area contributed by atoms with Crippen molar-refractivity contribution >= 4 is 0 Å². The quantitative estimate of drug-likeness (QED) is 0.852. The Labute approximate surface area is 123 Å². The Morgan fingerprint density at radius 1 is 1.10 bits per heavy atom. The van der Waals surface area contributed by atoms with E-state index in [2.05, 4.69) is 0 Å². The van der Waals surface area contributed by atoms with Gasteiger partial charge < -0.3 is 5.21 Å². The minimum Gasteiger partial charge on any atom is -0.313 e. The van der Waals surface area contributed by atoms with Crippen LogP contribution in [0.2, 0.25) is 0 Å². The molecular weight excluding hydrogens is 279 g/mol. The average Bonchev–Trinajstić information content (AvgIpc) is 2.72. The van der Waals surface area contributed by atoms with Gasteiger partial charge in [-0.3, -0.25) is 0 Å². The van der Waals surface area contributed by atoms with Crippen molar-refractivity contribution in [2.45, 2.75) is 63.7 Å². The third kappa shape index (κ3) is 2.57. The Balaban J connectivity index is 2.34. The fraction of sp³-hybridized carbons (Fsp3) is 0.625. The highest BCUT2D eigenvalue weighted by Crippen LogP contribution is 2.49. The van der Waals surface area contributed by atoms with E-state index in [0.29, 0.717) is 0 Å². The molecule has 1 aliphatic rings. The molecule has 0 saturated carbocycles. The van der Waals surface area contributed by atoms with E-state index in [1.165, 1.54) is 17.2 Å². The maximum Gasteiger partial charge on any atom is 0.416 e. The van der Waals surface area contributed by atoms with Gasteiger partial charge in [-0.1, -0.05) is 26.0 Å². The Morgan fingerprint density at radius 2 is 1.62 bits per heavy atom. The molecule has 21 heavy (non-hydrogen) atoms. The molecule has 1 saturated heterocycles. The predicted octanol–water partition coefficient (Wildman–Crippen LogP) is 4.96. The number of benzene rings is 1. The van der Waals surface area contributed by atoms with Crippen LogP contribution < -0.4 is 0 Å². The first kappa shape index (κ1) is 16.3. The van der Waals surface area contributed by atoms with Gasteiger partial charge in [0, 0.05) is 5.54 Å². The molecule has 1 aromatic carbocycles. The second-order valence-corrected chi connectivity index (χ2v) is 6.09. The van der Waals surface area contributed by atoms with Gasteiger partial charge in [0.15, 0.2) is 0 Å². The van der Waals surface area contributed by atoms with E-state index in [1.54, 1.807) is 0 Å². The summed E-state index contributed by atoms with van der Waals surface area (Å²) < 4.78 is 37.9. The van der Waals surface area contributed by atoms with Crippen LogP contribution in [0.15, 0.2) is 24.3 Å². The number of hydroxylamine groups is 2. The molecule has 1 heterocycles. The highest BCUT2D eigenvalue weighted by Gasteiger charge is 2.51. The van der Waals surface area contributed by atoms with Crippen molar-refractivity contribution < 1.29 is 18.4 Å². The molecule has 1 unspecified atom stereocenters. The van der Waals surface area contributed by atoms with Crippen molar-refractivity contribution in [3.05, 3.63) is 35.4 Å². The van der Waals surface area contributed by atoms with Crippen LogP contribution in [0, 0.1) is 0 Å². The van der Waals surface area contributed by atoms with E-state index in [0.717, 1.165) is 43.4 Å². The van der Waals surface area contributed by atoms with Crippen LogP contribution in [-0.2, 0) is 11.7 Å². The Morgan fingerprint density at radius 3 is 2.00 bits per heavy atom. The van der Waals surface area contributed by atoms with Gasteiger partial charge in [-0.25, -0.2) is 0 Å². The molecule has 0 aromatic heterocycles. The largest absolute Gasteiger partial charge is 0.416 e. The first-order valence-electron chi connectivity index (χ1n) is 7.36. The lowest BCUT2D eigenvalue weighted by Gasteiger charge is -2.40.